The van der Waals surface area contributed by atoms with E-state index in [1.165, 1.54) is 24.3 Å². The molecule has 0 saturated carbocycles. The largest absolute Gasteiger partial charge is 0.519 e. The number of hydrogen-bond acceptors (Lipinski definition) is 7. The number of rotatable bonds is 6. The van der Waals surface area contributed by atoms with Crippen LogP contribution in [0.2, 0.25) is 0 Å². The Labute approximate surface area is 220 Å². The Morgan fingerprint density at radius 3 is 1.33 bits per heavy atom. The van der Waals surface area contributed by atoms with Crippen LogP contribution in [0.4, 0.5) is 16.2 Å². The van der Waals surface area contributed by atoms with E-state index in [2.05, 4.69) is 31.9 Å². The summed E-state index contributed by atoms with van der Waals surface area (Å²) < 4.78 is 11.7. The minimum Gasteiger partial charge on any atom is -0.393 e. The first-order valence-corrected chi connectivity index (χ1v) is 11.8. The zero-order valence-electron chi connectivity index (χ0n) is 18.1. The van der Waals surface area contributed by atoms with Gasteiger partial charge in [-0.2, -0.15) is 0 Å². The van der Waals surface area contributed by atoms with Gasteiger partial charge in [-0.15, -0.1) is 0 Å². The fraction of sp³-hybridized carbons (Fsp3) is 0. The molecule has 0 aliphatic heterocycles. The van der Waals surface area contributed by atoms with E-state index in [9.17, 15) is 25.0 Å². The smallest absolute Gasteiger partial charge is 0.393 e. The molecule has 4 rings (SSSR count). The number of nitro groups is 2. The van der Waals surface area contributed by atoms with Crippen molar-refractivity contribution < 1.29 is 24.1 Å². The van der Waals surface area contributed by atoms with Crippen molar-refractivity contribution in [3.63, 3.8) is 0 Å². The van der Waals surface area contributed by atoms with Crippen LogP contribution < -0.4 is 9.47 Å². The van der Waals surface area contributed by atoms with Gasteiger partial charge in [-0.1, -0.05) is 48.5 Å². The highest BCUT2D eigenvalue weighted by atomic mass is 79.9. The molecule has 0 aliphatic rings. The number of carbonyl (C=O) groups excluding carboxylic acids is 1. The fourth-order valence-corrected chi connectivity index (χ4v) is 4.45. The van der Waals surface area contributed by atoms with Crippen LogP contribution in [0, 0.1) is 20.2 Å². The molecule has 36 heavy (non-hydrogen) atoms. The summed E-state index contributed by atoms with van der Waals surface area (Å²) in [6.07, 6.45) is -1.14. The first kappa shape index (κ1) is 25.0. The van der Waals surface area contributed by atoms with Gasteiger partial charge in [0.1, 0.15) is 0 Å². The van der Waals surface area contributed by atoms with Crippen LogP contribution in [-0.2, 0) is 0 Å². The lowest BCUT2D eigenvalue weighted by molar-refractivity contribution is -0.384. The molecule has 4 aromatic carbocycles. The van der Waals surface area contributed by atoms with Gasteiger partial charge < -0.3 is 9.47 Å². The summed E-state index contributed by atoms with van der Waals surface area (Å²) in [5.41, 5.74) is 0.733. The van der Waals surface area contributed by atoms with Crippen LogP contribution in [0.1, 0.15) is 0 Å². The number of para-hydroxylation sites is 4. The summed E-state index contributed by atoms with van der Waals surface area (Å²) in [5, 5.41) is 23.1. The molecule has 0 radical (unpaired) electrons. The monoisotopic (exact) mass is 612 g/mol. The maximum Gasteiger partial charge on any atom is 0.519 e. The van der Waals surface area contributed by atoms with Gasteiger partial charge in [0.2, 0.25) is 0 Å². The normalized spacial score (nSPS) is 10.5. The van der Waals surface area contributed by atoms with E-state index in [1.54, 1.807) is 60.7 Å². The third-order valence-electron chi connectivity index (χ3n) is 5.09. The van der Waals surface area contributed by atoms with E-state index >= 15 is 0 Å². The SMILES string of the molecule is O=C(Oc1c(Br)cccc1-c1ccccc1[N+](=O)[O-])Oc1c(Br)cccc1-c1ccccc1[N+](=O)[O-]. The molecule has 0 saturated heterocycles. The molecule has 0 unspecified atom stereocenters. The molecule has 0 spiro atoms. The Bertz CT molecular complexity index is 1400. The third kappa shape index (κ3) is 5.11. The van der Waals surface area contributed by atoms with Gasteiger partial charge in [0.05, 0.1) is 29.9 Å². The second-order valence-corrected chi connectivity index (χ2v) is 8.94. The molecule has 11 heteroatoms. The third-order valence-corrected chi connectivity index (χ3v) is 6.34. The lowest BCUT2D eigenvalue weighted by Crippen LogP contribution is -2.15. The van der Waals surface area contributed by atoms with Crippen molar-refractivity contribution in [2.45, 2.75) is 0 Å². The Morgan fingerprint density at radius 1 is 0.583 bits per heavy atom. The van der Waals surface area contributed by atoms with Crippen LogP contribution in [-0.4, -0.2) is 16.0 Å². The Balaban J connectivity index is 1.73. The first-order valence-electron chi connectivity index (χ1n) is 10.2. The lowest BCUT2D eigenvalue weighted by atomic mass is 10.0. The first-order chi connectivity index (χ1) is 17.3. The molecule has 0 aromatic heterocycles. The fourth-order valence-electron chi connectivity index (χ4n) is 3.56. The molecule has 0 heterocycles. The minimum atomic E-state index is -1.14. The van der Waals surface area contributed by atoms with Crippen molar-refractivity contribution in [3.8, 4) is 33.8 Å². The quantitative estimate of drug-likeness (QED) is 0.0936. The zero-order chi connectivity index (χ0) is 25.8. The number of nitrogens with zero attached hydrogens (tertiary/aromatic N) is 2. The van der Waals surface area contributed by atoms with Crippen molar-refractivity contribution in [2.75, 3.05) is 0 Å². The summed E-state index contributed by atoms with van der Waals surface area (Å²) in [5.74, 6) is 0.0205. The molecule has 0 aliphatic carbocycles. The van der Waals surface area contributed by atoms with Crippen LogP contribution in [0.3, 0.4) is 0 Å². The number of benzene rings is 4. The molecular weight excluding hydrogens is 600 g/mol. The Kier molecular flexibility index (Phi) is 7.41. The van der Waals surface area contributed by atoms with Gasteiger partial charge in [0.15, 0.2) is 11.5 Å². The number of halogens is 2. The Hall–Kier alpha value is -4.09. The van der Waals surface area contributed by atoms with Gasteiger partial charge >= 0.3 is 6.16 Å². The molecule has 0 fully saturated rings. The van der Waals surface area contributed by atoms with Gasteiger partial charge in [-0.3, -0.25) is 20.2 Å². The molecule has 4 aromatic rings. The Morgan fingerprint density at radius 2 is 0.944 bits per heavy atom. The van der Waals surface area contributed by atoms with Gasteiger partial charge in [0.25, 0.3) is 11.4 Å². The van der Waals surface area contributed by atoms with E-state index in [0.29, 0.717) is 20.1 Å². The van der Waals surface area contributed by atoms with Crippen LogP contribution in [0.5, 0.6) is 11.5 Å². The van der Waals surface area contributed by atoms with Gasteiger partial charge in [-0.05, 0) is 56.1 Å². The maximum absolute atomic E-state index is 12.9. The van der Waals surface area contributed by atoms with E-state index in [1.807, 2.05) is 0 Å². The molecule has 9 nitrogen and oxygen atoms in total. The average molecular weight is 614 g/mol. The standard InChI is InChI=1S/C25H14Br2N2O7/c26-19-11-5-9-17(15-7-1-3-13-21(15)28(31)32)23(19)35-25(30)36-24-18(10-6-12-20(24)27)16-8-2-4-14-22(16)29(33)34/h1-14H. The van der Waals surface area contributed by atoms with Crippen molar-refractivity contribution in [3.05, 3.63) is 114 Å². The average Bonchev–Trinajstić information content (AvgIpc) is 2.86. The highest BCUT2D eigenvalue weighted by Gasteiger charge is 2.24. The van der Waals surface area contributed by atoms with Crippen molar-refractivity contribution in [2.24, 2.45) is 0 Å². The number of nitro benzene ring substituents is 2. The maximum atomic E-state index is 12.9. The zero-order valence-corrected chi connectivity index (χ0v) is 21.3. The summed E-state index contributed by atoms with van der Waals surface area (Å²) in [4.78, 5) is 35.0. The number of hydrogen-bond donors (Lipinski definition) is 0. The molecular formula is C25H14Br2N2O7. The van der Waals surface area contributed by atoms with Crippen molar-refractivity contribution in [1.82, 2.24) is 0 Å². The van der Waals surface area contributed by atoms with Gasteiger partial charge in [-0.25, -0.2) is 4.79 Å². The predicted molar refractivity (Wildman–Crippen MR) is 139 cm³/mol. The van der Waals surface area contributed by atoms with E-state index in [0.717, 1.165) is 0 Å². The summed E-state index contributed by atoms with van der Waals surface area (Å²) in [6.45, 7) is 0. The lowest BCUT2D eigenvalue weighted by Gasteiger charge is -2.15. The molecule has 0 bridgehead atoms. The highest BCUT2D eigenvalue weighted by molar-refractivity contribution is 9.11. The number of ether oxygens (including phenoxy) is 2. The highest BCUT2D eigenvalue weighted by Crippen LogP contribution is 2.42. The second-order valence-electron chi connectivity index (χ2n) is 7.24. The number of carbonyl (C=O) groups is 1. The van der Waals surface area contributed by atoms with E-state index in [4.69, 9.17) is 9.47 Å². The van der Waals surface area contributed by atoms with Crippen LogP contribution in [0.15, 0.2) is 93.9 Å². The summed E-state index contributed by atoms with van der Waals surface area (Å²) in [6, 6.07) is 21.8. The van der Waals surface area contributed by atoms with Crippen molar-refractivity contribution in [1.29, 1.82) is 0 Å². The summed E-state index contributed by atoms with van der Waals surface area (Å²) >= 11 is 6.65. The molecule has 0 amide bonds. The summed E-state index contributed by atoms with van der Waals surface area (Å²) in [7, 11) is 0. The molecule has 0 atom stereocenters. The van der Waals surface area contributed by atoms with Crippen LogP contribution >= 0.6 is 31.9 Å². The molecule has 180 valence electrons. The van der Waals surface area contributed by atoms with Crippen molar-refractivity contribution >= 4 is 49.4 Å². The minimum absolute atomic E-state index is 0.0103. The second kappa shape index (κ2) is 10.7. The topological polar surface area (TPSA) is 122 Å². The van der Waals surface area contributed by atoms with Gasteiger partial charge in [0, 0.05) is 23.3 Å². The molecule has 0 N–H and O–H groups in total. The van der Waals surface area contributed by atoms with Crippen LogP contribution in [0.25, 0.3) is 22.3 Å². The van der Waals surface area contributed by atoms with E-state index < -0.39 is 16.0 Å². The predicted octanol–water partition coefficient (Wildman–Crippen LogP) is 7.94. The van der Waals surface area contributed by atoms with E-state index in [-0.39, 0.29) is 34.0 Å².